The van der Waals surface area contributed by atoms with Gasteiger partial charge in [-0.25, -0.2) is 4.99 Å². The van der Waals surface area contributed by atoms with Gasteiger partial charge in [0.1, 0.15) is 17.4 Å². The van der Waals surface area contributed by atoms with E-state index >= 15 is 0 Å². The molecule has 2 aliphatic heterocycles. The summed E-state index contributed by atoms with van der Waals surface area (Å²) in [5.41, 5.74) is 8.11. The van der Waals surface area contributed by atoms with Crippen LogP contribution in [0.3, 0.4) is 0 Å². The number of aliphatic imine (C=N–C) groups is 1. The van der Waals surface area contributed by atoms with Gasteiger partial charge < -0.3 is 15.8 Å². The fourth-order valence-corrected chi connectivity index (χ4v) is 6.14. The van der Waals surface area contributed by atoms with Crippen molar-refractivity contribution in [3.8, 4) is 5.75 Å². The molecule has 2 saturated carbocycles. The molecule has 5 rings (SSSR count). The predicted molar refractivity (Wildman–Crippen MR) is 117 cm³/mol. The van der Waals surface area contributed by atoms with E-state index in [1.54, 1.807) is 11.8 Å². The number of amides is 1. The fraction of sp³-hybridized carbons (Fsp3) is 0.652. The Morgan fingerprint density at radius 2 is 2.07 bits per heavy atom. The smallest absolute Gasteiger partial charge is 0.225 e. The lowest BCUT2D eigenvalue weighted by molar-refractivity contribution is -0.130. The summed E-state index contributed by atoms with van der Waals surface area (Å²) < 4.78 is 6.50. The van der Waals surface area contributed by atoms with E-state index in [4.69, 9.17) is 15.5 Å². The number of amidine groups is 1. The van der Waals surface area contributed by atoms with Crippen LogP contribution in [-0.2, 0) is 10.3 Å². The molecule has 0 bridgehead atoms. The van der Waals surface area contributed by atoms with Crippen LogP contribution in [0, 0.1) is 11.3 Å². The van der Waals surface area contributed by atoms with Crippen LogP contribution in [-0.4, -0.2) is 29.0 Å². The minimum atomic E-state index is -0.380. The number of hydrogen-bond donors (Lipinski definition) is 2. The second-order valence-electron chi connectivity index (χ2n) is 10.2. The number of nitrogens with zero attached hydrogens (tertiary/aromatic N) is 1. The molecule has 4 atom stereocenters. The lowest BCUT2D eigenvalue weighted by atomic mass is 9.67. The van der Waals surface area contributed by atoms with Gasteiger partial charge in [-0.2, -0.15) is 0 Å². The number of carbonyl (C=O) groups is 1. The topological polar surface area (TPSA) is 76.7 Å². The highest BCUT2D eigenvalue weighted by Crippen LogP contribution is 2.55. The van der Waals surface area contributed by atoms with Crippen LogP contribution in [0.1, 0.15) is 69.9 Å². The quantitative estimate of drug-likeness (QED) is 0.771. The number of fused-ring (bicyclic) bond motifs is 4. The molecule has 3 N–H and O–H groups in total. The molecule has 4 aliphatic rings. The molecule has 6 heteroatoms. The molecule has 5 nitrogen and oxygen atoms in total. The van der Waals surface area contributed by atoms with Crippen molar-refractivity contribution in [2.75, 3.05) is 5.75 Å². The zero-order chi connectivity index (χ0) is 20.4. The molecule has 2 aliphatic carbocycles. The van der Waals surface area contributed by atoms with Crippen LogP contribution in [0.4, 0.5) is 0 Å². The van der Waals surface area contributed by atoms with Gasteiger partial charge in [0.05, 0.1) is 0 Å². The van der Waals surface area contributed by atoms with Gasteiger partial charge in [0.15, 0.2) is 5.17 Å². The van der Waals surface area contributed by atoms with E-state index in [9.17, 15) is 4.79 Å². The van der Waals surface area contributed by atoms with Crippen molar-refractivity contribution in [3.63, 3.8) is 0 Å². The summed E-state index contributed by atoms with van der Waals surface area (Å²) >= 11 is 1.66. The second kappa shape index (κ2) is 6.66. The molecule has 2 fully saturated rings. The first-order valence-corrected chi connectivity index (χ1v) is 11.8. The van der Waals surface area contributed by atoms with E-state index in [0.717, 1.165) is 30.8 Å². The van der Waals surface area contributed by atoms with E-state index < -0.39 is 0 Å². The molecule has 1 aromatic carbocycles. The fourth-order valence-electron chi connectivity index (χ4n) is 5.11. The minimum Gasteiger partial charge on any atom is -0.490 e. The average molecular weight is 414 g/mol. The van der Waals surface area contributed by atoms with Crippen molar-refractivity contribution in [1.82, 2.24) is 5.32 Å². The Kier molecular flexibility index (Phi) is 4.43. The maximum atomic E-state index is 12.6. The van der Waals surface area contributed by atoms with Gasteiger partial charge in [0.2, 0.25) is 5.91 Å². The number of carbonyl (C=O) groups excluding carboxylic acids is 1. The van der Waals surface area contributed by atoms with Gasteiger partial charge in [-0.15, -0.1) is 0 Å². The van der Waals surface area contributed by atoms with Crippen LogP contribution in [0.5, 0.6) is 5.75 Å². The zero-order valence-electron chi connectivity index (χ0n) is 17.5. The summed E-state index contributed by atoms with van der Waals surface area (Å²) in [6.07, 6.45) is 5.45. The van der Waals surface area contributed by atoms with Gasteiger partial charge in [-0.3, -0.25) is 4.79 Å². The first kappa shape index (κ1) is 19.3. The van der Waals surface area contributed by atoms with Gasteiger partial charge in [-0.05, 0) is 55.7 Å². The van der Waals surface area contributed by atoms with Crippen molar-refractivity contribution < 1.29 is 9.53 Å². The normalized spacial score (nSPS) is 33.5. The SMILES string of the molecule is CC(C)(C)C(=O)N[C@H]1CC[C@@H]2Oc3ccc(C4CC4)cc3C3(CSC(N)=N3)[C@H]2C1. The number of thioether (sulfide) groups is 1. The summed E-state index contributed by atoms with van der Waals surface area (Å²) in [7, 11) is 0. The van der Waals surface area contributed by atoms with E-state index in [-0.39, 0.29) is 34.9 Å². The van der Waals surface area contributed by atoms with Crippen LogP contribution < -0.4 is 15.8 Å². The van der Waals surface area contributed by atoms with Crippen molar-refractivity contribution >= 4 is 22.8 Å². The molecular weight excluding hydrogens is 382 g/mol. The molecule has 0 radical (unpaired) electrons. The van der Waals surface area contributed by atoms with Crippen molar-refractivity contribution in [3.05, 3.63) is 29.3 Å². The van der Waals surface area contributed by atoms with Gasteiger partial charge in [0, 0.05) is 28.7 Å². The minimum absolute atomic E-state index is 0.118. The van der Waals surface area contributed by atoms with Gasteiger partial charge >= 0.3 is 0 Å². The number of hydrogen-bond acceptors (Lipinski definition) is 5. The summed E-state index contributed by atoms with van der Waals surface area (Å²) in [5, 5.41) is 3.97. The first-order chi connectivity index (χ1) is 13.8. The number of nitrogens with one attached hydrogen (secondary N) is 1. The molecular formula is C23H31N3O2S. The summed E-state index contributed by atoms with van der Waals surface area (Å²) in [6, 6.07) is 6.89. The Morgan fingerprint density at radius 3 is 2.72 bits per heavy atom. The monoisotopic (exact) mass is 413 g/mol. The summed E-state index contributed by atoms with van der Waals surface area (Å²) in [4.78, 5) is 17.6. The van der Waals surface area contributed by atoms with Crippen LogP contribution >= 0.6 is 11.8 Å². The molecule has 1 spiro atoms. The molecule has 1 amide bonds. The zero-order valence-corrected chi connectivity index (χ0v) is 18.3. The Labute approximate surface area is 177 Å². The third kappa shape index (κ3) is 3.33. The predicted octanol–water partition coefficient (Wildman–Crippen LogP) is 3.91. The maximum absolute atomic E-state index is 12.6. The molecule has 0 saturated heterocycles. The standard InChI is InChI=1S/C23H31N3O2S/c1-22(2,3)20(27)25-15-7-9-19-17(11-15)23(12-29-21(24)26-23)16-10-14(13-4-5-13)6-8-18(16)28-19/h6,8,10,13,15,17,19H,4-5,7,9,11-12H2,1-3H3,(H2,24,26)(H,25,27)/t15-,17-,19-,23?/m0/s1. The largest absolute Gasteiger partial charge is 0.490 e. The number of ether oxygens (including phenoxy) is 1. The second-order valence-corrected chi connectivity index (χ2v) is 11.2. The molecule has 1 unspecified atom stereocenters. The Morgan fingerprint density at radius 1 is 1.28 bits per heavy atom. The lowest BCUT2D eigenvalue weighted by Crippen LogP contribution is -2.55. The average Bonchev–Trinajstić information content (AvgIpc) is 3.45. The molecule has 0 aromatic heterocycles. The summed E-state index contributed by atoms with van der Waals surface area (Å²) in [6.45, 7) is 5.90. The third-order valence-corrected chi connectivity index (χ3v) is 7.94. The molecule has 2 heterocycles. The third-order valence-electron chi connectivity index (χ3n) is 6.96. The van der Waals surface area contributed by atoms with E-state index in [1.165, 1.54) is 24.0 Å². The highest BCUT2D eigenvalue weighted by atomic mass is 32.2. The first-order valence-electron chi connectivity index (χ1n) is 10.9. The van der Waals surface area contributed by atoms with Gasteiger partial charge in [-0.1, -0.05) is 38.6 Å². The Balaban J connectivity index is 1.49. The van der Waals surface area contributed by atoms with E-state index in [2.05, 4.69) is 23.5 Å². The van der Waals surface area contributed by atoms with Crippen LogP contribution in [0.2, 0.25) is 0 Å². The van der Waals surface area contributed by atoms with E-state index in [1.807, 2.05) is 20.8 Å². The number of rotatable bonds is 2. The number of nitrogens with two attached hydrogens (primary N) is 1. The van der Waals surface area contributed by atoms with Crippen molar-refractivity contribution in [2.45, 2.75) is 76.5 Å². The van der Waals surface area contributed by atoms with Crippen LogP contribution in [0.15, 0.2) is 23.2 Å². The highest BCUT2D eigenvalue weighted by molar-refractivity contribution is 8.14. The van der Waals surface area contributed by atoms with Crippen molar-refractivity contribution in [2.24, 2.45) is 22.1 Å². The highest BCUT2D eigenvalue weighted by Gasteiger charge is 2.55. The molecule has 29 heavy (non-hydrogen) atoms. The van der Waals surface area contributed by atoms with Crippen molar-refractivity contribution in [1.29, 1.82) is 0 Å². The van der Waals surface area contributed by atoms with Gasteiger partial charge in [0.25, 0.3) is 0 Å². The molecule has 1 aromatic rings. The Bertz CT molecular complexity index is 873. The molecule has 156 valence electrons. The van der Waals surface area contributed by atoms with Crippen LogP contribution in [0.25, 0.3) is 0 Å². The Hall–Kier alpha value is -1.69. The van der Waals surface area contributed by atoms with E-state index in [0.29, 0.717) is 11.1 Å². The summed E-state index contributed by atoms with van der Waals surface area (Å²) in [5.74, 6) is 2.89. The lowest BCUT2D eigenvalue weighted by Gasteiger charge is -2.49. The number of benzene rings is 1. The maximum Gasteiger partial charge on any atom is 0.225 e.